The van der Waals surface area contributed by atoms with Gasteiger partial charge in [0.05, 0.1) is 21.8 Å². The largest absolute Gasteiger partial charge is 0.308 e. The van der Waals surface area contributed by atoms with Crippen molar-refractivity contribution < 1.29 is 0 Å². The molecule has 0 radical (unpaired) electrons. The van der Waals surface area contributed by atoms with Crippen molar-refractivity contribution >= 4 is 59.3 Å². The first-order valence-corrected chi connectivity index (χ1v) is 17.2. The van der Waals surface area contributed by atoms with Gasteiger partial charge in [-0.3, -0.25) is 0 Å². The van der Waals surface area contributed by atoms with Gasteiger partial charge in [0.15, 0.2) is 0 Å². The highest BCUT2D eigenvalue weighted by atomic mass is 32.1. The van der Waals surface area contributed by atoms with E-state index in [1.54, 1.807) is 0 Å². The van der Waals surface area contributed by atoms with Gasteiger partial charge in [-0.1, -0.05) is 164 Å². The van der Waals surface area contributed by atoms with Gasteiger partial charge in [0.2, 0.25) is 0 Å². The fourth-order valence-corrected chi connectivity index (χ4v) is 8.35. The summed E-state index contributed by atoms with van der Waals surface area (Å²) in [6, 6.07) is 68.2. The van der Waals surface area contributed by atoms with Crippen molar-refractivity contribution in [3.8, 4) is 33.4 Å². The highest BCUT2D eigenvalue weighted by molar-refractivity contribution is 7.26. The Hall–Kier alpha value is -5.96. The van der Waals surface area contributed by atoms with Crippen LogP contribution < -0.4 is 4.90 Å². The van der Waals surface area contributed by atoms with Crippen LogP contribution in [0.3, 0.4) is 0 Å². The summed E-state index contributed by atoms with van der Waals surface area (Å²) >= 11 is 1.87. The molecule has 0 saturated heterocycles. The molecule has 48 heavy (non-hydrogen) atoms. The molecule has 0 N–H and O–H groups in total. The molecule has 0 fully saturated rings. The molecule has 2 heteroatoms. The van der Waals surface area contributed by atoms with Crippen molar-refractivity contribution in [2.24, 2.45) is 0 Å². The summed E-state index contributed by atoms with van der Waals surface area (Å²) in [7, 11) is 0. The van der Waals surface area contributed by atoms with E-state index >= 15 is 0 Å². The fourth-order valence-electron chi connectivity index (χ4n) is 7.14. The molecule has 0 atom stereocenters. The van der Waals surface area contributed by atoms with Gasteiger partial charge in [0.25, 0.3) is 0 Å². The SMILES string of the molecule is c1ccc(-c2ccccc2-c2c(-c3ccccc3)cccc2N(c2cccc3ccccc23)c2cccc3c2sc2ccccc23)cc1. The topological polar surface area (TPSA) is 3.24 Å². The summed E-state index contributed by atoms with van der Waals surface area (Å²) in [4.78, 5) is 2.52. The Labute approximate surface area is 284 Å². The van der Waals surface area contributed by atoms with Gasteiger partial charge in [-0.25, -0.2) is 0 Å². The van der Waals surface area contributed by atoms with E-state index in [-0.39, 0.29) is 0 Å². The van der Waals surface area contributed by atoms with E-state index in [0.29, 0.717) is 0 Å². The maximum absolute atomic E-state index is 2.52. The number of hydrogen-bond donors (Lipinski definition) is 0. The van der Waals surface area contributed by atoms with Crippen LogP contribution in [0, 0.1) is 0 Å². The van der Waals surface area contributed by atoms with Crippen LogP contribution in [-0.2, 0) is 0 Å². The molecule has 1 aromatic heterocycles. The summed E-state index contributed by atoms with van der Waals surface area (Å²) in [6.45, 7) is 0. The summed E-state index contributed by atoms with van der Waals surface area (Å²) in [6.07, 6.45) is 0. The lowest BCUT2D eigenvalue weighted by Gasteiger charge is -2.31. The maximum Gasteiger partial charge on any atom is 0.0640 e. The molecule has 1 nitrogen and oxygen atoms in total. The quantitative estimate of drug-likeness (QED) is 0.177. The zero-order valence-electron chi connectivity index (χ0n) is 26.3. The van der Waals surface area contributed by atoms with Gasteiger partial charge in [-0.15, -0.1) is 11.3 Å². The number of thiophene rings is 1. The monoisotopic (exact) mass is 629 g/mol. The van der Waals surface area contributed by atoms with Gasteiger partial charge < -0.3 is 4.90 Å². The summed E-state index contributed by atoms with van der Waals surface area (Å²) in [5, 5.41) is 5.01. The van der Waals surface area contributed by atoms with Gasteiger partial charge in [-0.2, -0.15) is 0 Å². The Morgan fingerprint density at radius 2 is 0.854 bits per heavy atom. The lowest BCUT2D eigenvalue weighted by atomic mass is 9.87. The lowest BCUT2D eigenvalue weighted by Crippen LogP contribution is -2.12. The molecule has 0 saturated carbocycles. The first-order valence-electron chi connectivity index (χ1n) is 16.4. The predicted molar refractivity (Wildman–Crippen MR) is 208 cm³/mol. The first-order chi connectivity index (χ1) is 23.8. The third-order valence-electron chi connectivity index (χ3n) is 9.28. The molecule has 9 rings (SSSR count). The second kappa shape index (κ2) is 12.0. The normalized spacial score (nSPS) is 11.3. The number of rotatable bonds is 6. The third-order valence-corrected chi connectivity index (χ3v) is 10.5. The molecule has 0 amide bonds. The molecule has 0 unspecified atom stereocenters. The van der Waals surface area contributed by atoms with Crippen LogP contribution in [-0.4, -0.2) is 0 Å². The molecular weight excluding hydrogens is 599 g/mol. The Bertz CT molecular complexity index is 2560. The molecule has 0 bridgehead atoms. The van der Waals surface area contributed by atoms with Crippen LogP contribution in [0.2, 0.25) is 0 Å². The van der Waals surface area contributed by atoms with Crippen molar-refractivity contribution in [2.45, 2.75) is 0 Å². The molecular formula is C46H31NS. The third kappa shape index (κ3) is 4.78. The van der Waals surface area contributed by atoms with E-state index in [4.69, 9.17) is 0 Å². The minimum atomic E-state index is 1.14. The Morgan fingerprint density at radius 3 is 1.67 bits per heavy atom. The average Bonchev–Trinajstić information content (AvgIpc) is 3.55. The maximum atomic E-state index is 2.52. The average molecular weight is 630 g/mol. The zero-order chi connectivity index (χ0) is 31.9. The number of anilines is 3. The van der Waals surface area contributed by atoms with Crippen molar-refractivity contribution in [3.63, 3.8) is 0 Å². The number of hydrogen-bond acceptors (Lipinski definition) is 2. The van der Waals surface area contributed by atoms with E-state index in [1.807, 2.05) is 11.3 Å². The van der Waals surface area contributed by atoms with Gasteiger partial charge in [-0.05, 0) is 57.5 Å². The molecule has 8 aromatic carbocycles. The van der Waals surface area contributed by atoms with E-state index in [9.17, 15) is 0 Å². The van der Waals surface area contributed by atoms with Crippen LogP contribution in [0.15, 0.2) is 188 Å². The number of benzene rings is 8. The predicted octanol–water partition coefficient (Wildman–Crippen LogP) is 13.7. The van der Waals surface area contributed by atoms with Crippen LogP contribution in [0.5, 0.6) is 0 Å². The van der Waals surface area contributed by atoms with Gasteiger partial charge in [0, 0.05) is 26.4 Å². The fraction of sp³-hybridized carbons (Fsp3) is 0. The minimum absolute atomic E-state index is 1.14. The van der Waals surface area contributed by atoms with E-state index in [2.05, 4.69) is 193 Å². The van der Waals surface area contributed by atoms with E-state index in [0.717, 1.165) is 11.4 Å². The van der Waals surface area contributed by atoms with Crippen molar-refractivity contribution in [1.29, 1.82) is 0 Å². The second-order valence-electron chi connectivity index (χ2n) is 12.1. The molecule has 9 aromatic rings. The Morgan fingerprint density at radius 1 is 0.333 bits per heavy atom. The standard InChI is InChI=1S/C46H31NS/c1-3-16-32(17-4-1)35-22-9-10-25-39(35)45-37(34-18-5-2-6-19-34)26-14-29-42(45)47(41-28-13-21-33-20-7-8-23-36(33)41)43-30-15-27-40-38-24-11-12-31-44(38)48-46(40)43/h1-31H. The van der Waals surface area contributed by atoms with Crippen molar-refractivity contribution in [2.75, 3.05) is 4.90 Å². The van der Waals surface area contributed by atoms with Gasteiger partial charge in [0.1, 0.15) is 0 Å². The summed E-state index contributed by atoms with van der Waals surface area (Å²) < 4.78 is 2.57. The number of nitrogens with zero attached hydrogens (tertiary/aromatic N) is 1. The van der Waals surface area contributed by atoms with Crippen molar-refractivity contribution in [1.82, 2.24) is 0 Å². The molecule has 0 aliphatic heterocycles. The van der Waals surface area contributed by atoms with E-state index in [1.165, 1.54) is 70.0 Å². The van der Waals surface area contributed by atoms with Crippen LogP contribution in [0.1, 0.15) is 0 Å². The molecule has 1 heterocycles. The second-order valence-corrected chi connectivity index (χ2v) is 13.1. The number of fused-ring (bicyclic) bond motifs is 4. The van der Waals surface area contributed by atoms with Gasteiger partial charge >= 0.3 is 0 Å². The van der Waals surface area contributed by atoms with Crippen LogP contribution >= 0.6 is 11.3 Å². The highest BCUT2D eigenvalue weighted by Gasteiger charge is 2.25. The van der Waals surface area contributed by atoms with Crippen LogP contribution in [0.25, 0.3) is 64.3 Å². The molecule has 226 valence electrons. The Kier molecular flexibility index (Phi) is 7.07. The lowest BCUT2D eigenvalue weighted by molar-refractivity contribution is 1.32. The highest BCUT2D eigenvalue weighted by Crippen LogP contribution is 2.51. The summed E-state index contributed by atoms with van der Waals surface area (Å²) in [5.74, 6) is 0. The van der Waals surface area contributed by atoms with E-state index < -0.39 is 0 Å². The van der Waals surface area contributed by atoms with Crippen LogP contribution in [0.4, 0.5) is 17.1 Å². The summed E-state index contributed by atoms with van der Waals surface area (Å²) in [5.41, 5.74) is 10.7. The van der Waals surface area contributed by atoms with Crippen molar-refractivity contribution in [3.05, 3.63) is 188 Å². The Balaban J connectivity index is 1.43. The minimum Gasteiger partial charge on any atom is -0.308 e. The molecule has 0 spiro atoms. The smallest absolute Gasteiger partial charge is 0.0640 e. The molecule has 0 aliphatic rings. The zero-order valence-corrected chi connectivity index (χ0v) is 27.1. The molecule has 0 aliphatic carbocycles. The first kappa shape index (κ1) is 28.3.